The van der Waals surface area contributed by atoms with E-state index in [1.165, 1.54) is 7.11 Å². The summed E-state index contributed by atoms with van der Waals surface area (Å²) < 4.78 is 31.4. The molecule has 0 amide bonds. The zero-order chi connectivity index (χ0) is 19.5. The number of allylic oxidation sites excluding steroid dienone is 1. The molecule has 1 aromatic carbocycles. The lowest BCUT2D eigenvalue weighted by atomic mass is 9.95. The van der Waals surface area contributed by atoms with Gasteiger partial charge in [-0.1, -0.05) is 11.6 Å². The summed E-state index contributed by atoms with van der Waals surface area (Å²) in [5.41, 5.74) is 2.83. The summed E-state index contributed by atoms with van der Waals surface area (Å²) in [6.07, 6.45) is 1.68. The third-order valence-corrected chi connectivity index (χ3v) is 5.25. The fraction of sp³-hybridized carbons (Fsp3) is 0.471. The van der Waals surface area contributed by atoms with Crippen molar-refractivity contribution in [1.29, 1.82) is 0 Å². The number of phenols is 1. The van der Waals surface area contributed by atoms with Gasteiger partial charge in [0.05, 0.1) is 13.7 Å². The van der Waals surface area contributed by atoms with Gasteiger partial charge in [-0.3, -0.25) is 4.57 Å². The average Bonchev–Trinajstić information content (AvgIpc) is 2.98. The Morgan fingerprint density at radius 1 is 1.38 bits per heavy atom. The highest BCUT2D eigenvalue weighted by Crippen LogP contribution is 2.42. The van der Waals surface area contributed by atoms with Crippen LogP contribution in [0.15, 0.2) is 11.6 Å². The number of rotatable bonds is 8. The summed E-state index contributed by atoms with van der Waals surface area (Å²) >= 11 is 0. The third kappa shape index (κ3) is 4.27. The number of hydrogen-bond donors (Lipinski definition) is 2. The lowest BCUT2D eigenvalue weighted by Gasteiger charge is -2.16. The quantitative estimate of drug-likeness (QED) is 0.398. The van der Waals surface area contributed by atoms with Crippen LogP contribution in [0, 0.1) is 6.92 Å². The van der Waals surface area contributed by atoms with Crippen LogP contribution in [0.3, 0.4) is 0 Å². The van der Waals surface area contributed by atoms with Crippen molar-refractivity contribution in [3.63, 3.8) is 0 Å². The van der Waals surface area contributed by atoms with Crippen LogP contribution in [0.1, 0.15) is 34.0 Å². The number of fused-ring (bicyclic) bond motifs is 1. The molecule has 9 heteroatoms. The van der Waals surface area contributed by atoms with Gasteiger partial charge < -0.3 is 28.7 Å². The van der Waals surface area contributed by atoms with Crippen molar-refractivity contribution < 1.29 is 38.1 Å². The highest BCUT2D eigenvalue weighted by molar-refractivity contribution is 7.52. The fourth-order valence-corrected chi connectivity index (χ4v) is 3.17. The minimum atomic E-state index is -3.71. The van der Waals surface area contributed by atoms with E-state index in [-0.39, 0.29) is 24.5 Å². The normalized spacial score (nSPS) is 16.2. The van der Waals surface area contributed by atoms with Crippen LogP contribution < -0.4 is 4.74 Å². The predicted octanol–water partition coefficient (Wildman–Crippen LogP) is 2.67. The van der Waals surface area contributed by atoms with Gasteiger partial charge in [-0.25, -0.2) is 4.79 Å². The summed E-state index contributed by atoms with van der Waals surface area (Å²) in [5.74, 6) is -0.190. The van der Waals surface area contributed by atoms with Crippen LogP contribution in [-0.4, -0.2) is 43.1 Å². The largest absolute Gasteiger partial charge is 0.507 e. The van der Waals surface area contributed by atoms with Crippen LogP contribution in [0.2, 0.25) is 0 Å². The zero-order valence-corrected chi connectivity index (χ0v) is 16.1. The second-order valence-electron chi connectivity index (χ2n) is 5.97. The summed E-state index contributed by atoms with van der Waals surface area (Å²) in [6.45, 7) is 3.84. The molecule has 1 aliphatic heterocycles. The van der Waals surface area contributed by atoms with Gasteiger partial charge in [0.25, 0.3) is 0 Å². The molecule has 0 fully saturated rings. The molecule has 2 rings (SSSR count). The summed E-state index contributed by atoms with van der Waals surface area (Å²) in [4.78, 5) is 21.2. The van der Waals surface area contributed by atoms with E-state index in [0.29, 0.717) is 23.3 Å². The molecular formula is C17H23O8P. The van der Waals surface area contributed by atoms with Gasteiger partial charge in [0.1, 0.15) is 30.0 Å². The highest BCUT2D eigenvalue weighted by atomic mass is 31.2. The molecule has 1 aliphatic rings. The first-order valence-electron chi connectivity index (χ1n) is 7.91. The SMILES string of the molecule is COc1c(C)c2c(c(O)c1CC=C(C)COCP(=O)(O)OC)C(=O)OC2. The summed E-state index contributed by atoms with van der Waals surface area (Å²) in [7, 11) is -1.07. The van der Waals surface area contributed by atoms with Crippen LogP contribution in [-0.2, 0) is 31.6 Å². The van der Waals surface area contributed by atoms with Gasteiger partial charge in [-0.2, -0.15) is 0 Å². The first-order valence-corrected chi connectivity index (χ1v) is 9.67. The molecule has 0 saturated carbocycles. The predicted molar refractivity (Wildman–Crippen MR) is 93.6 cm³/mol. The zero-order valence-electron chi connectivity index (χ0n) is 15.2. The molecule has 144 valence electrons. The number of carbonyl (C=O) groups is 1. The number of benzene rings is 1. The van der Waals surface area contributed by atoms with Gasteiger partial charge in [-0.15, -0.1) is 0 Å². The number of carbonyl (C=O) groups excluding carboxylic acids is 1. The topological polar surface area (TPSA) is 112 Å². The molecule has 0 saturated heterocycles. The molecule has 8 nitrogen and oxygen atoms in total. The molecule has 1 unspecified atom stereocenters. The fourth-order valence-electron chi connectivity index (χ4n) is 2.74. The van der Waals surface area contributed by atoms with Crippen molar-refractivity contribution in [2.75, 3.05) is 27.2 Å². The minimum absolute atomic E-state index is 0.119. The highest BCUT2D eigenvalue weighted by Gasteiger charge is 2.31. The maximum absolute atomic E-state index is 11.9. The smallest absolute Gasteiger partial charge is 0.353 e. The Bertz CT molecular complexity index is 784. The molecule has 2 N–H and O–H groups in total. The molecule has 26 heavy (non-hydrogen) atoms. The Balaban J connectivity index is 2.19. The molecule has 1 atom stereocenters. The van der Waals surface area contributed by atoms with Gasteiger partial charge >= 0.3 is 13.6 Å². The van der Waals surface area contributed by atoms with E-state index in [4.69, 9.17) is 14.2 Å². The van der Waals surface area contributed by atoms with E-state index >= 15 is 0 Å². The second kappa shape index (κ2) is 8.22. The Morgan fingerprint density at radius 2 is 2.08 bits per heavy atom. The van der Waals surface area contributed by atoms with Crippen molar-refractivity contribution in [2.24, 2.45) is 0 Å². The van der Waals surface area contributed by atoms with E-state index in [2.05, 4.69) is 4.52 Å². The lowest BCUT2D eigenvalue weighted by Crippen LogP contribution is -2.04. The van der Waals surface area contributed by atoms with Gasteiger partial charge in [-0.05, 0) is 25.8 Å². The van der Waals surface area contributed by atoms with Crippen LogP contribution in [0.5, 0.6) is 11.5 Å². The van der Waals surface area contributed by atoms with Crippen molar-refractivity contribution in [2.45, 2.75) is 26.9 Å². The van der Waals surface area contributed by atoms with Crippen molar-refractivity contribution in [3.05, 3.63) is 33.9 Å². The number of ether oxygens (including phenoxy) is 3. The molecule has 1 aromatic rings. The summed E-state index contributed by atoms with van der Waals surface area (Å²) in [6, 6.07) is 0. The van der Waals surface area contributed by atoms with E-state index in [1.807, 2.05) is 6.92 Å². The minimum Gasteiger partial charge on any atom is -0.507 e. The molecule has 0 aromatic heterocycles. The van der Waals surface area contributed by atoms with Crippen molar-refractivity contribution in [1.82, 2.24) is 0 Å². The Labute approximate surface area is 151 Å². The van der Waals surface area contributed by atoms with Gasteiger partial charge in [0.15, 0.2) is 0 Å². The van der Waals surface area contributed by atoms with Gasteiger partial charge in [0, 0.05) is 18.2 Å². The van der Waals surface area contributed by atoms with Crippen LogP contribution in [0.25, 0.3) is 0 Å². The maximum Gasteiger partial charge on any atom is 0.353 e. The van der Waals surface area contributed by atoms with Crippen LogP contribution in [0.4, 0.5) is 0 Å². The van der Waals surface area contributed by atoms with Crippen molar-refractivity contribution in [3.8, 4) is 11.5 Å². The van der Waals surface area contributed by atoms with E-state index < -0.39 is 19.9 Å². The monoisotopic (exact) mass is 386 g/mol. The molecule has 1 heterocycles. The number of aromatic hydroxyl groups is 1. The lowest BCUT2D eigenvalue weighted by molar-refractivity contribution is 0.0533. The Hall–Kier alpha value is -1.86. The van der Waals surface area contributed by atoms with Gasteiger partial charge in [0.2, 0.25) is 0 Å². The number of methoxy groups -OCH3 is 1. The number of phenolic OH excluding ortho intramolecular Hbond substituents is 1. The molecule has 0 aliphatic carbocycles. The van der Waals surface area contributed by atoms with E-state index in [0.717, 1.165) is 18.2 Å². The molecule has 0 radical (unpaired) electrons. The molecule has 0 spiro atoms. The first-order chi connectivity index (χ1) is 12.2. The third-order valence-electron chi connectivity index (χ3n) is 4.17. The number of cyclic esters (lactones) is 1. The maximum atomic E-state index is 11.9. The molecular weight excluding hydrogens is 363 g/mol. The van der Waals surface area contributed by atoms with Crippen molar-refractivity contribution >= 4 is 13.6 Å². The Morgan fingerprint density at radius 3 is 2.69 bits per heavy atom. The molecule has 0 bridgehead atoms. The average molecular weight is 386 g/mol. The van der Waals surface area contributed by atoms with E-state index in [1.54, 1.807) is 13.0 Å². The van der Waals surface area contributed by atoms with Crippen LogP contribution >= 0.6 is 7.60 Å². The first kappa shape index (κ1) is 20.5. The standard InChI is InChI=1S/C17H23O8P/c1-10(7-24-9-26(20,21)23-4)5-6-12-15(18)14-13(8-25-17(14)19)11(2)16(12)22-3/h5,18H,6-9H2,1-4H3,(H,20,21). The number of hydrogen-bond acceptors (Lipinski definition) is 7. The summed E-state index contributed by atoms with van der Waals surface area (Å²) in [5, 5.41) is 10.5. The number of esters is 1. The second-order valence-corrected chi connectivity index (χ2v) is 7.87. The van der Waals surface area contributed by atoms with E-state index in [9.17, 15) is 19.4 Å². The Kier molecular flexibility index (Phi) is 6.47.